The van der Waals surface area contributed by atoms with Gasteiger partial charge in [0.1, 0.15) is 5.75 Å². The Bertz CT molecular complexity index is 544. The number of carboxylic acid groups (broad SMARTS) is 1. The van der Waals surface area contributed by atoms with Gasteiger partial charge in [0.05, 0.1) is 17.2 Å². The Labute approximate surface area is 123 Å². The number of anilines is 1. The highest BCUT2D eigenvalue weighted by Gasteiger charge is 2.27. The number of hydrogen-bond donors (Lipinski definition) is 4. The molecule has 114 valence electrons. The van der Waals surface area contributed by atoms with Gasteiger partial charge in [-0.15, -0.1) is 0 Å². The second kappa shape index (κ2) is 6.58. The standard InChI is InChI=1S/C15H20N2O4/c16-12-5-3-1-2-4-10(12)14(19)17-13-7-6-9(18)8-11(13)15(20)21/h6-8,10,12,18H,1-5,16H2,(H,17,19)(H,20,21). The number of rotatable bonds is 3. The number of hydrogen-bond acceptors (Lipinski definition) is 4. The molecule has 1 aromatic rings. The summed E-state index contributed by atoms with van der Waals surface area (Å²) < 4.78 is 0. The molecule has 2 unspecified atom stereocenters. The van der Waals surface area contributed by atoms with Gasteiger partial charge < -0.3 is 21.3 Å². The summed E-state index contributed by atoms with van der Waals surface area (Å²) >= 11 is 0. The Balaban J connectivity index is 2.17. The van der Waals surface area contributed by atoms with Crippen molar-refractivity contribution in [3.8, 4) is 5.75 Å². The summed E-state index contributed by atoms with van der Waals surface area (Å²) in [6.07, 6.45) is 4.56. The first-order valence-corrected chi connectivity index (χ1v) is 7.12. The minimum atomic E-state index is -1.20. The normalized spacial score (nSPS) is 22.3. The molecule has 1 aliphatic rings. The van der Waals surface area contributed by atoms with E-state index >= 15 is 0 Å². The molecular weight excluding hydrogens is 272 g/mol. The van der Waals surface area contributed by atoms with E-state index in [-0.39, 0.29) is 34.9 Å². The molecule has 0 aliphatic heterocycles. The van der Waals surface area contributed by atoms with Gasteiger partial charge in [-0.05, 0) is 31.0 Å². The number of aromatic carboxylic acids is 1. The lowest BCUT2D eigenvalue weighted by Crippen LogP contribution is -2.38. The van der Waals surface area contributed by atoms with E-state index in [1.807, 2.05) is 0 Å². The van der Waals surface area contributed by atoms with Crippen molar-refractivity contribution in [1.29, 1.82) is 0 Å². The fourth-order valence-corrected chi connectivity index (χ4v) is 2.71. The third kappa shape index (κ3) is 3.72. The zero-order chi connectivity index (χ0) is 15.4. The third-order valence-corrected chi connectivity index (χ3v) is 3.90. The quantitative estimate of drug-likeness (QED) is 0.502. The van der Waals surface area contributed by atoms with Gasteiger partial charge in [0, 0.05) is 6.04 Å². The zero-order valence-electron chi connectivity index (χ0n) is 11.7. The van der Waals surface area contributed by atoms with Gasteiger partial charge in [-0.2, -0.15) is 0 Å². The van der Waals surface area contributed by atoms with E-state index in [1.54, 1.807) is 0 Å². The lowest BCUT2D eigenvalue weighted by atomic mass is 9.94. The highest BCUT2D eigenvalue weighted by Crippen LogP contribution is 2.26. The highest BCUT2D eigenvalue weighted by molar-refractivity contribution is 6.01. The molecule has 0 heterocycles. The van der Waals surface area contributed by atoms with E-state index < -0.39 is 5.97 Å². The van der Waals surface area contributed by atoms with Crippen LogP contribution >= 0.6 is 0 Å². The minimum absolute atomic E-state index is 0.134. The van der Waals surface area contributed by atoms with Crippen LogP contribution in [0.4, 0.5) is 5.69 Å². The summed E-state index contributed by atoms with van der Waals surface area (Å²) in [7, 11) is 0. The predicted octanol–water partition coefficient (Wildman–Crippen LogP) is 1.94. The van der Waals surface area contributed by atoms with Crippen molar-refractivity contribution >= 4 is 17.6 Å². The van der Waals surface area contributed by atoms with Gasteiger partial charge in [-0.1, -0.05) is 19.3 Å². The number of carbonyl (C=O) groups is 2. The maximum Gasteiger partial charge on any atom is 0.337 e. The fourth-order valence-electron chi connectivity index (χ4n) is 2.71. The van der Waals surface area contributed by atoms with Crippen molar-refractivity contribution < 1.29 is 19.8 Å². The largest absolute Gasteiger partial charge is 0.508 e. The van der Waals surface area contributed by atoms with Crippen molar-refractivity contribution in [2.24, 2.45) is 11.7 Å². The van der Waals surface area contributed by atoms with Crippen LogP contribution in [0.2, 0.25) is 0 Å². The fraction of sp³-hybridized carbons (Fsp3) is 0.467. The van der Waals surface area contributed by atoms with E-state index in [4.69, 9.17) is 10.8 Å². The third-order valence-electron chi connectivity index (χ3n) is 3.90. The summed E-state index contributed by atoms with van der Waals surface area (Å²) in [5.74, 6) is -1.91. The van der Waals surface area contributed by atoms with Crippen LogP contribution < -0.4 is 11.1 Å². The molecule has 1 aromatic carbocycles. The molecule has 5 N–H and O–H groups in total. The van der Waals surface area contributed by atoms with Crippen molar-refractivity contribution in [3.05, 3.63) is 23.8 Å². The number of nitrogens with one attached hydrogen (secondary N) is 1. The Hall–Kier alpha value is -2.08. The Kier molecular flexibility index (Phi) is 4.80. The molecule has 1 amide bonds. The van der Waals surface area contributed by atoms with E-state index in [0.717, 1.165) is 31.7 Å². The maximum absolute atomic E-state index is 12.3. The molecule has 0 saturated heterocycles. The molecule has 2 atom stereocenters. The number of nitrogens with two attached hydrogens (primary N) is 1. The lowest BCUT2D eigenvalue weighted by molar-refractivity contribution is -0.120. The Morgan fingerprint density at radius 1 is 1.19 bits per heavy atom. The minimum Gasteiger partial charge on any atom is -0.508 e. The number of phenolic OH excluding ortho intramolecular Hbond substituents is 1. The van der Waals surface area contributed by atoms with E-state index in [2.05, 4.69) is 5.32 Å². The average molecular weight is 292 g/mol. The molecule has 2 rings (SSSR count). The van der Waals surface area contributed by atoms with Gasteiger partial charge in [0.15, 0.2) is 0 Å². The number of amides is 1. The molecule has 21 heavy (non-hydrogen) atoms. The average Bonchev–Trinajstić information content (AvgIpc) is 2.65. The zero-order valence-corrected chi connectivity index (χ0v) is 11.7. The van der Waals surface area contributed by atoms with Crippen LogP contribution in [0.5, 0.6) is 5.75 Å². The van der Waals surface area contributed by atoms with Crippen LogP contribution in [0.15, 0.2) is 18.2 Å². The molecule has 0 bridgehead atoms. The van der Waals surface area contributed by atoms with Gasteiger partial charge in [0.2, 0.25) is 5.91 Å². The van der Waals surface area contributed by atoms with E-state index in [1.165, 1.54) is 12.1 Å². The van der Waals surface area contributed by atoms with Crippen LogP contribution in [0.1, 0.15) is 42.5 Å². The second-order valence-corrected chi connectivity index (χ2v) is 5.43. The molecule has 6 heteroatoms. The molecule has 1 fully saturated rings. The van der Waals surface area contributed by atoms with Gasteiger partial charge in [-0.25, -0.2) is 4.79 Å². The van der Waals surface area contributed by atoms with Gasteiger partial charge in [-0.3, -0.25) is 4.79 Å². The Morgan fingerprint density at radius 3 is 2.62 bits per heavy atom. The molecule has 0 aromatic heterocycles. The summed E-state index contributed by atoms with van der Waals surface area (Å²) in [5, 5.41) is 21.1. The highest BCUT2D eigenvalue weighted by atomic mass is 16.4. The Morgan fingerprint density at radius 2 is 1.90 bits per heavy atom. The van der Waals surface area contributed by atoms with Crippen molar-refractivity contribution in [1.82, 2.24) is 0 Å². The first-order valence-electron chi connectivity index (χ1n) is 7.12. The first kappa shape index (κ1) is 15.3. The van der Waals surface area contributed by atoms with E-state index in [9.17, 15) is 14.7 Å². The number of benzene rings is 1. The number of aromatic hydroxyl groups is 1. The molecule has 0 spiro atoms. The predicted molar refractivity (Wildman–Crippen MR) is 78.2 cm³/mol. The lowest BCUT2D eigenvalue weighted by Gasteiger charge is -2.21. The molecule has 1 saturated carbocycles. The summed E-state index contributed by atoms with van der Waals surface area (Å²) in [4.78, 5) is 23.5. The molecular formula is C15H20N2O4. The van der Waals surface area contributed by atoms with Crippen molar-refractivity contribution in [3.63, 3.8) is 0 Å². The van der Waals surface area contributed by atoms with Crippen LogP contribution in [0.3, 0.4) is 0 Å². The summed E-state index contributed by atoms with van der Waals surface area (Å²) in [6.45, 7) is 0. The maximum atomic E-state index is 12.3. The van der Waals surface area contributed by atoms with E-state index in [0.29, 0.717) is 6.42 Å². The molecule has 6 nitrogen and oxygen atoms in total. The van der Waals surface area contributed by atoms with Crippen molar-refractivity contribution in [2.75, 3.05) is 5.32 Å². The summed E-state index contributed by atoms with van der Waals surface area (Å²) in [5.41, 5.74) is 6.09. The van der Waals surface area contributed by atoms with Crippen LogP contribution in [-0.2, 0) is 4.79 Å². The monoisotopic (exact) mass is 292 g/mol. The summed E-state index contributed by atoms with van der Waals surface area (Å²) in [6, 6.07) is 3.65. The van der Waals surface area contributed by atoms with Gasteiger partial charge in [0.25, 0.3) is 0 Å². The second-order valence-electron chi connectivity index (χ2n) is 5.43. The smallest absolute Gasteiger partial charge is 0.337 e. The number of phenols is 1. The van der Waals surface area contributed by atoms with Gasteiger partial charge >= 0.3 is 5.97 Å². The molecule has 1 aliphatic carbocycles. The SMILES string of the molecule is NC1CCCCCC1C(=O)Nc1ccc(O)cc1C(=O)O. The number of carbonyl (C=O) groups excluding carboxylic acids is 1. The molecule has 0 radical (unpaired) electrons. The van der Waals surface area contributed by atoms with Crippen LogP contribution in [-0.4, -0.2) is 28.1 Å². The van der Waals surface area contributed by atoms with Crippen LogP contribution in [0, 0.1) is 5.92 Å². The topological polar surface area (TPSA) is 113 Å². The number of carboxylic acids is 1. The van der Waals surface area contributed by atoms with Crippen molar-refractivity contribution in [2.45, 2.75) is 38.1 Å². The first-order chi connectivity index (χ1) is 9.99. The van der Waals surface area contributed by atoms with Crippen LogP contribution in [0.25, 0.3) is 0 Å².